The number of sulfone groups is 1. The molecule has 2 rings (SSSR count). The van der Waals surface area contributed by atoms with Crippen molar-refractivity contribution >= 4 is 21.6 Å². The third-order valence-electron chi connectivity index (χ3n) is 2.69. The smallest absolute Gasteiger partial charge is 0.153 e. The van der Waals surface area contributed by atoms with Gasteiger partial charge in [0.15, 0.2) is 9.84 Å². The molecule has 0 aromatic heterocycles. The topological polar surface area (TPSA) is 46.2 Å². The molecule has 2 unspecified atom stereocenters. The molecule has 0 saturated carbocycles. The molecule has 0 bridgehead atoms. The second kappa shape index (κ2) is 3.14. The molecule has 0 radical (unpaired) electrons. The maximum absolute atomic E-state index is 11.4. The van der Waals surface area contributed by atoms with Gasteiger partial charge in [-0.05, 0) is 19.4 Å². The van der Waals surface area contributed by atoms with Gasteiger partial charge in [-0.2, -0.15) is 0 Å². The van der Waals surface area contributed by atoms with Crippen LogP contribution in [0, 0.1) is 0 Å². The highest BCUT2D eigenvalue weighted by Crippen LogP contribution is 2.40. The zero-order chi connectivity index (χ0) is 9.53. The van der Waals surface area contributed by atoms with Crippen LogP contribution in [-0.2, 0) is 9.84 Å². The maximum Gasteiger partial charge on any atom is 0.153 e. The van der Waals surface area contributed by atoms with Crippen LogP contribution in [0.4, 0.5) is 0 Å². The molecule has 76 valence electrons. The van der Waals surface area contributed by atoms with Gasteiger partial charge >= 0.3 is 0 Å². The quantitative estimate of drug-likeness (QED) is 0.651. The van der Waals surface area contributed by atoms with Crippen LogP contribution in [-0.4, -0.2) is 36.6 Å². The predicted octanol–water partition coefficient (Wildman–Crippen LogP) is 0.616. The highest BCUT2D eigenvalue weighted by molar-refractivity contribution is 8.03. The van der Waals surface area contributed by atoms with Crippen LogP contribution in [0.5, 0.6) is 0 Å². The molecular weight excluding hydrogens is 206 g/mol. The van der Waals surface area contributed by atoms with E-state index in [-0.39, 0.29) is 4.87 Å². The Balaban J connectivity index is 2.14. The zero-order valence-corrected chi connectivity index (χ0v) is 9.38. The SMILES string of the molecule is CC1CCNC2(CCS(=O)(=O)C2)S1. The van der Waals surface area contributed by atoms with Crippen molar-refractivity contribution < 1.29 is 8.42 Å². The zero-order valence-electron chi connectivity index (χ0n) is 7.75. The van der Waals surface area contributed by atoms with E-state index in [1.807, 2.05) is 11.8 Å². The summed E-state index contributed by atoms with van der Waals surface area (Å²) >= 11 is 1.81. The van der Waals surface area contributed by atoms with E-state index in [4.69, 9.17) is 0 Å². The van der Waals surface area contributed by atoms with Crippen LogP contribution in [0.1, 0.15) is 19.8 Å². The molecule has 2 saturated heterocycles. The number of nitrogens with one attached hydrogen (secondary N) is 1. The molecule has 1 spiro atoms. The summed E-state index contributed by atoms with van der Waals surface area (Å²) in [4.78, 5) is -0.142. The van der Waals surface area contributed by atoms with Crippen molar-refractivity contribution in [3.05, 3.63) is 0 Å². The summed E-state index contributed by atoms with van der Waals surface area (Å²) in [5.74, 6) is 0.689. The van der Waals surface area contributed by atoms with E-state index in [0.717, 1.165) is 19.4 Å². The average molecular weight is 221 g/mol. The molecule has 0 amide bonds. The van der Waals surface area contributed by atoms with Crippen LogP contribution >= 0.6 is 11.8 Å². The third kappa shape index (κ3) is 2.02. The minimum atomic E-state index is -2.76. The lowest BCUT2D eigenvalue weighted by Gasteiger charge is -2.36. The first-order chi connectivity index (χ1) is 6.02. The van der Waals surface area contributed by atoms with Gasteiger partial charge in [-0.1, -0.05) is 6.92 Å². The van der Waals surface area contributed by atoms with Gasteiger partial charge in [-0.15, -0.1) is 11.8 Å². The second-order valence-corrected chi connectivity index (χ2v) is 7.99. The Kier molecular flexibility index (Phi) is 2.37. The van der Waals surface area contributed by atoms with Gasteiger partial charge in [0, 0.05) is 5.25 Å². The molecule has 3 nitrogen and oxygen atoms in total. The first-order valence-corrected chi connectivity index (χ1v) is 7.35. The largest absolute Gasteiger partial charge is 0.302 e. The lowest BCUT2D eigenvalue weighted by molar-refractivity contribution is 0.476. The van der Waals surface area contributed by atoms with Crippen molar-refractivity contribution in [3.63, 3.8) is 0 Å². The van der Waals surface area contributed by atoms with Crippen LogP contribution in [0.2, 0.25) is 0 Å². The van der Waals surface area contributed by atoms with Crippen molar-refractivity contribution in [2.24, 2.45) is 0 Å². The van der Waals surface area contributed by atoms with E-state index < -0.39 is 9.84 Å². The molecule has 0 aromatic rings. The van der Waals surface area contributed by atoms with E-state index >= 15 is 0 Å². The standard InChI is InChI=1S/C8H15NO2S2/c1-7-2-4-9-8(12-7)3-5-13(10,11)6-8/h7,9H,2-6H2,1H3. The summed E-state index contributed by atoms with van der Waals surface area (Å²) in [5.41, 5.74) is 0. The van der Waals surface area contributed by atoms with Gasteiger partial charge in [0.2, 0.25) is 0 Å². The fourth-order valence-corrected chi connectivity index (χ4v) is 6.15. The third-order valence-corrected chi connectivity index (χ3v) is 6.22. The van der Waals surface area contributed by atoms with E-state index in [1.165, 1.54) is 0 Å². The molecule has 0 aromatic carbocycles. The summed E-state index contributed by atoms with van der Waals surface area (Å²) < 4.78 is 22.7. The van der Waals surface area contributed by atoms with Crippen molar-refractivity contribution in [1.29, 1.82) is 0 Å². The van der Waals surface area contributed by atoms with E-state index in [1.54, 1.807) is 0 Å². The van der Waals surface area contributed by atoms with E-state index in [2.05, 4.69) is 12.2 Å². The second-order valence-electron chi connectivity index (χ2n) is 3.98. The van der Waals surface area contributed by atoms with Crippen molar-refractivity contribution in [2.75, 3.05) is 18.1 Å². The fraction of sp³-hybridized carbons (Fsp3) is 1.00. The minimum Gasteiger partial charge on any atom is -0.302 e. The summed E-state index contributed by atoms with van der Waals surface area (Å²) in [7, 11) is -2.76. The normalized spacial score (nSPS) is 43.9. The highest BCUT2D eigenvalue weighted by Gasteiger charge is 2.44. The van der Waals surface area contributed by atoms with Crippen LogP contribution in [0.3, 0.4) is 0 Å². The monoisotopic (exact) mass is 221 g/mol. The fourth-order valence-electron chi connectivity index (χ4n) is 2.04. The van der Waals surface area contributed by atoms with Crippen molar-refractivity contribution in [2.45, 2.75) is 29.9 Å². The minimum absolute atomic E-state index is 0.142. The number of rotatable bonds is 0. The van der Waals surface area contributed by atoms with Crippen LogP contribution in [0.15, 0.2) is 0 Å². The van der Waals surface area contributed by atoms with Gasteiger partial charge in [-0.25, -0.2) is 8.42 Å². The van der Waals surface area contributed by atoms with Crippen molar-refractivity contribution in [3.8, 4) is 0 Å². The molecule has 13 heavy (non-hydrogen) atoms. The predicted molar refractivity (Wildman–Crippen MR) is 55.7 cm³/mol. The van der Waals surface area contributed by atoms with E-state index in [0.29, 0.717) is 16.8 Å². The molecule has 2 fully saturated rings. The lowest BCUT2D eigenvalue weighted by atomic mass is 10.2. The Morgan fingerprint density at radius 3 is 2.85 bits per heavy atom. The molecule has 1 N–H and O–H groups in total. The Hall–Kier alpha value is 0.260. The molecule has 2 heterocycles. The Bertz CT molecular complexity index is 301. The first kappa shape index (κ1) is 9.80. The van der Waals surface area contributed by atoms with E-state index in [9.17, 15) is 8.42 Å². The average Bonchev–Trinajstić information content (AvgIpc) is 2.26. The Morgan fingerprint density at radius 1 is 1.54 bits per heavy atom. The summed E-state index contributed by atoms with van der Waals surface area (Å²) in [6.07, 6.45) is 1.93. The number of hydrogen-bond donors (Lipinski definition) is 1. The summed E-state index contributed by atoms with van der Waals surface area (Å²) in [5, 5.41) is 3.96. The van der Waals surface area contributed by atoms with Crippen LogP contribution < -0.4 is 5.32 Å². The molecule has 2 atom stereocenters. The van der Waals surface area contributed by atoms with Gasteiger partial charge in [0.05, 0.1) is 16.4 Å². The number of hydrogen-bond acceptors (Lipinski definition) is 4. The molecule has 2 aliphatic heterocycles. The molecular formula is C8H15NO2S2. The van der Waals surface area contributed by atoms with Crippen LogP contribution in [0.25, 0.3) is 0 Å². The number of thioether (sulfide) groups is 1. The van der Waals surface area contributed by atoms with Gasteiger partial charge in [0.25, 0.3) is 0 Å². The molecule has 0 aliphatic carbocycles. The molecule has 5 heteroatoms. The lowest BCUT2D eigenvalue weighted by Crippen LogP contribution is -2.48. The maximum atomic E-state index is 11.4. The van der Waals surface area contributed by atoms with Gasteiger partial charge in [0.1, 0.15) is 0 Å². The van der Waals surface area contributed by atoms with Gasteiger partial charge in [-0.3, -0.25) is 0 Å². The Labute approximate surface area is 83.6 Å². The van der Waals surface area contributed by atoms with Gasteiger partial charge < -0.3 is 5.32 Å². The summed E-state index contributed by atoms with van der Waals surface area (Å²) in [6, 6.07) is 0. The summed E-state index contributed by atoms with van der Waals surface area (Å²) in [6.45, 7) is 3.14. The highest BCUT2D eigenvalue weighted by atomic mass is 32.2. The Morgan fingerprint density at radius 2 is 2.31 bits per heavy atom. The molecule has 2 aliphatic rings. The first-order valence-electron chi connectivity index (χ1n) is 4.65. The van der Waals surface area contributed by atoms with Crippen molar-refractivity contribution in [1.82, 2.24) is 5.32 Å².